The van der Waals surface area contributed by atoms with Gasteiger partial charge in [0.1, 0.15) is 45.0 Å². The molecule has 0 radical (unpaired) electrons. The van der Waals surface area contributed by atoms with Gasteiger partial charge in [-0.25, -0.2) is 0 Å². The molecule has 0 spiro atoms. The van der Waals surface area contributed by atoms with E-state index in [1.165, 1.54) is 0 Å². The summed E-state index contributed by atoms with van der Waals surface area (Å²) in [4.78, 5) is 0. The molecule has 0 unspecified atom stereocenters. The van der Waals surface area contributed by atoms with Crippen molar-refractivity contribution in [3.8, 4) is 0 Å². The van der Waals surface area contributed by atoms with E-state index in [1.54, 1.807) is 0 Å². The molecule has 0 bridgehead atoms. The van der Waals surface area contributed by atoms with Crippen molar-refractivity contribution in [2.24, 2.45) is 0 Å². The average Bonchev–Trinajstić information content (AvgIpc) is 2.72. The van der Waals surface area contributed by atoms with Gasteiger partial charge in [0.05, 0.1) is 0 Å². The molecule has 34 heavy (non-hydrogen) atoms. The monoisotopic (exact) mass is 582 g/mol. The van der Waals surface area contributed by atoms with E-state index >= 15 is 0 Å². The third-order valence-corrected chi connectivity index (χ3v) is 12.2. The van der Waals surface area contributed by atoms with E-state index in [2.05, 4.69) is 53.7 Å². The highest BCUT2D eigenvalue weighted by atomic mass is 35.9. The minimum absolute atomic E-state index is 0.142. The number of hydrogen-bond acceptors (Lipinski definition) is 2. The van der Waals surface area contributed by atoms with Crippen LogP contribution in [0.25, 0.3) is 0 Å². The molecule has 188 valence electrons. The third kappa shape index (κ3) is 6.82. The lowest BCUT2D eigenvalue weighted by atomic mass is 9.87. The maximum Gasteiger partial charge on any atom is 0.375 e. The molecule has 0 atom stereocenters. The third-order valence-electron chi connectivity index (χ3n) is 6.16. The van der Waals surface area contributed by atoms with Crippen molar-refractivity contribution in [2.75, 3.05) is 0 Å². The molecule has 0 heterocycles. The van der Waals surface area contributed by atoms with Crippen LogP contribution in [0.4, 0.5) is 0 Å². The zero-order valence-corrected chi connectivity index (χ0v) is 25.7. The highest BCUT2D eigenvalue weighted by molar-refractivity contribution is 8.19. The summed E-state index contributed by atoms with van der Waals surface area (Å²) >= 11 is 28.3. The van der Waals surface area contributed by atoms with Crippen LogP contribution >= 0.6 is 57.4 Å². The molecule has 0 N–H and O–H groups in total. The van der Waals surface area contributed by atoms with Crippen molar-refractivity contribution in [1.82, 2.24) is 0 Å². The van der Waals surface area contributed by atoms with E-state index in [0.29, 0.717) is 12.8 Å². The molecule has 2 nitrogen and oxygen atoms in total. The van der Waals surface area contributed by atoms with Gasteiger partial charge in [-0.1, -0.05) is 84.4 Å². The van der Waals surface area contributed by atoms with Gasteiger partial charge in [0.25, 0.3) is 5.79 Å². The lowest BCUT2D eigenvalue weighted by molar-refractivity contribution is -0.122. The first kappa shape index (κ1) is 28.9. The van der Waals surface area contributed by atoms with Crippen LogP contribution in [0.5, 0.6) is 0 Å². The summed E-state index contributed by atoms with van der Waals surface area (Å²) in [5.74, 6) is -1.04. The first-order valence-electron chi connectivity index (χ1n) is 11.8. The van der Waals surface area contributed by atoms with Crippen LogP contribution in [-0.2, 0) is 19.9 Å². The van der Waals surface area contributed by atoms with Crippen LogP contribution in [0, 0.1) is 0 Å². The SMILES string of the molecule is CC(C)(C)c1ccccc1[P+](Cl)(Cl)OC1(O[P+](Cl)(Cl)c2ccccc2C(C)(C)C)CCCCC1. The van der Waals surface area contributed by atoms with Gasteiger partial charge in [-0.3, -0.25) is 0 Å². The van der Waals surface area contributed by atoms with Crippen molar-refractivity contribution in [3.63, 3.8) is 0 Å². The van der Waals surface area contributed by atoms with E-state index in [-0.39, 0.29) is 10.8 Å². The Balaban J connectivity index is 2.02. The lowest BCUT2D eigenvalue weighted by Gasteiger charge is -2.35. The normalized spacial score (nSPS) is 17.6. The second kappa shape index (κ2) is 10.6. The van der Waals surface area contributed by atoms with Crippen molar-refractivity contribution in [3.05, 3.63) is 59.7 Å². The molecule has 2 aromatic rings. The minimum Gasteiger partial charge on any atom is -0.157 e. The van der Waals surface area contributed by atoms with Crippen molar-refractivity contribution >= 4 is 68.0 Å². The predicted octanol–water partition coefficient (Wildman–Crippen LogP) is 10.4. The lowest BCUT2D eigenvalue weighted by Crippen LogP contribution is -2.39. The van der Waals surface area contributed by atoms with E-state index in [0.717, 1.165) is 41.0 Å². The van der Waals surface area contributed by atoms with Crippen molar-refractivity contribution in [1.29, 1.82) is 0 Å². The van der Waals surface area contributed by atoms with E-state index < -0.39 is 18.2 Å². The minimum atomic E-state index is -3.06. The van der Waals surface area contributed by atoms with Gasteiger partial charge in [0.2, 0.25) is 0 Å². The summed E-state index contributed by atoms with van der Waals surface area (Å²) in [5, 5.41) is 1.64. The molecular weight excluding hydrogens is 548 g/mol. The fourth-order valence-electron chi connectivity index (χ4n) is 4.48. The Hall–Kier alpha value is 0.380. The molecule has 1 fully saturated rings. The van der Waals surface area contributed by atoms with Crippen LogP contribution in [0.1, 0.15) is 84.8 Å². The van der Waals surface area contributed by atoms with Crippen LogP contribution in [0.15, 0.2) is 48.5 Å². The molecule has 1 aliphatic carbocycles. The Bertz CT molecular complexity index is 917. The van der Waals surface area contributed by atoms with Crippen LogP contribution in [0.2, 0.25) is 0 Å². The summed E-state index contributed by atoms with van der Waals surface area (Å²) in [7, 11) is 0. The molecule has 0 saturated heterocycles. The molecule has 0 aromatic heterocycles. The zero-order chi connectivity index (χ0) is 25.4. The summed E-state index contributed by atoms with van der Waals surface area (Å²) in [6.07, 6.45) is -1.88. The Kier molecular flexibility index (Phi) is 9.05. The highest BCUT2D eigenvalue weighted by Gasteiger charge is 2.60. The number of benzene rings is 2. The summed E-state index contributed by atoms with van der Waals surface area (Å²) < 4.78 is 13.3. The molecular formula is C26H36Cl4O2P2+2. The van der Waals surface area contributed by atoms with Gasteiger partial charge in [-0.2, -0.15) is 9.05 Å². The molecule has 0 aliphatic heterocycles. The molecule has 1 saturated carbocycles. The van der Waals surface area contributed by atoms with E-state index in [1.807, 2.05) is 36.4 Å². The quantitative estimate of drug-likeness (QED) is 0.249. The Morgan fingerprint density at radius 3 is 1.32 bits per heavy atom. The van der Waals surface area contributed by atoms with E-state index in [4.69, 9.17) is 54.0 Å². The van der Waals surface area contributed by atoms with Crippen LogP contribution < -0.4 is 10.6 Å². The average molecular weight is 584 g/mol. The molecule has 8 heteroatoms. The van der Waals surface area contributed by atoms with Gasteiger partial charge < -0.3 is 0 Å². The summed E-state index contributed by atoms with van der Waals surface area (Å²) in [6.45, 7) is 12.9. The summed E-state index contributed by atoms with van der Waals surface area (Å²) in [6, 6.07) is 15.9. The van der Waals surface area contributed by atoms with Crippen molar-refractivity contribution < 1.29 is 9.05 Å². The number of rotatable bonds is 6. The molecule has 1 aliphatic rings. The van der Waals surface area contributed by atoms with Gasteiger partial charge in [0.15, 0.2) is 10.6 Å². The van der Waals surface area contributed by atoms with Gasteiger partial charge in [0, 0.05) is 24.0 Å². The smallest absolute Gasteiger partial charge is 0.157 e. The predicted molar refractivity (Wildman–Crippen MR) is 155 cm³/mol. The maximum absolute atomic E-state index is 7.07. The van der Waals surface area contributed by atoms with Gasteiger partial charge in [-0.05, 0) is 35.8 Å². The first-order chi connectivity index (χ1) is 15.6. The maximum atomic E-state index is 7.07. The molecule has 2 aromatic carbocycles. The summed E-state index contributed by atoms with van der Waals surface area (Å²) in [5.41, 5.74) is 1.85. The Labute approximate surface area is 226 Å². The second-order valence-electron chi connectivity index (χ2n) is 11.1. The Morgan fingerprint density at radius 2 is 0.971 bits per heavy atom. The van der Waals surface area contributed by atoms with Crippen molar-refractivity contribution in [2.45, 2.75) is 90.3 Å². The number of hydrogen-bond donors (Lipinski definition) is 0. The zero-order valence-electron chi connectivity index (χ0n) is 20.9. The second-order valence-corrected chi connectivity index (χ2v) is 21.0. The largest absolute Gasteiger partial charge is 0.375 e. The molecule has 3 rings (SSSR count). The van der Waals surface area contributed by atoms with Crippen LogP contribution in [0.3, 0.4) is 0 Å². The fraction of sp³-hybridized carbons (Fsp3) is 0.538. The molecule has 0 amide bonds. The highest BCUT2D eigenvalue weighted by Crippen LogP contribution is 2.77. The van der Waals surface area contributed by atoms with Gasteiger partial charge >= 0.3 is 12.4 Å². The standard InChI is InChI=1S/C26H36Cl4O2P2/c1-24(2,3)20-14-8-10-16-22(20)33(27,28)31-26(18-12-7-13-19-26)32-34(29,30)23-17-11-9-15-21(23)25(4,5)6/h8-11,14-17H,7,12-13,18-19H2,1-6H3/q+2. The van der Waals surface area contributed by atoms with Crippen LogP contribution in [-0.4, -0.2) is 5.79 Å². The fourth-order valence-corrected chi connectivity index (χ4v) is 11.2. The van der Waals surface area contributed by atoms with Gasteiger partial charge in [-0.15, -0.1) is 0 Å². The first-order valence-corrected chi connectivity index (χ1v) is 18.8. The van der Waals surface area contributed by atoms with E-state index in [9.17, 15) is 0 Å². The number of halogens is 4. The topological polar surface area (TPSA) is 18.5 Å². The Morgan fingerprint density at radius 1 is 0.618 bits per heavy atom.